The van der Waals surface area contributed by atoms with Gasteiger partial charge in [-0.1, -0.05) is 26.7 Å². The summed E-state index contributed by atoms with van der Waals surface area (Å²) in [5.41, 5.74) is 0. The number of ether oxygens (including phenoxy) is 1. The van der Waals surface area contributed by atoms with Gasteiger partial charge in [-0.25, -0.2) is 0 Å². The Morgan fingerprint density at radius 2 is 2.00 bits per heavy atom. The van der Waals surface area contributed by atoms with Crippen LogP contribution in [0.4, 0.5) is 0 Å². The number of rotatable bonds is 7. The van der Waals surface area contributed by atoms with Crippen LogP contribution in [0.1, 0.15) is 46.5 Å². The first-order chi connectivity index (χ1) is 8.21. The van der Waals surface area contributed by atoms with Crippen LogP contribution in [0.2, 0.25) is 0 Å². The molecule has 17 heavy (non-hydrogen) atoms. The highest BCUT2D eigenvalue weighted by Gasteiger charge is 2.27. The van der Waals surface area contributed by atoms with Crippen molar-refractivity contribution in [1.82, 2.24) is 10.2 Å². The van der Waals surface area contributed by atoms with E-state index in [1.54, 1.807) is 0 Å². The molecule has 102 valence electrons. The Labute approximate surface area is 107 Å². The van der Waals surface area contributed by atoms with Gasteiger partial charge in [-0.05, 0) is 19.8 Å². The minimum atomic E-state index is 0.342. The highest BCUT2D eigenvalue weighted by Crippen LogP contribution is 2.15. The van der Waals surface area contributed by atoms with Crippen LogP contribution in [0.25, 0.3) is 0 Å². The lowest BCUT2D eigenvalue weighted by atomic mass is 10.0. The zero-order chi connectivity index (χ0) is 12.7. The second-order valence-corrected chi connectivity index (χ2v) is 5.34. The summed E-state index contributed by atoms with van der Waals surface area (Å²) in [7, 11) is 1.81. The molecule has 0 bridgehead atoms. The van der Waals surface area contributed by atoms with Crippen LogP contribution >= 0.6 is 0 Å². The summed E-state index contributed by atoms with van der Waals surface area (Å²) in [6.07, 6.45) is 5.46. The van der Waals surface area contributed by atoms with Crippen molar-refractivity contribution in [3.8, 4) is 0 Å². The maximum absolute atomic E-state index is 5.41. The first-order valence-corrected chi connectivity index (χ1v) is 7.21. The van der Waals surface area contributed by atoms with Gasteiger partial charge in [0, 0.05) is 38.8 Å². The van der Waals surface area contributed by atoms with Gasteiger partial charge in [-0.2, -0.15) is 0 Å². The molecular weight excluding hydrogens is 212 g/mol. The van der Waals surface area contributed by atoms with Crippen molar-refractivity contribution >= 4 is 0 Å². The fourth-order valence-corrected chi connectivity index (χ4v) is 2.72. The van der Waals surface area contributed by atoms with Gasteiger partial charge in [0.1, 0.15) is 0 Å². The lowest BCUT2D eigenvalue weighted by Crippen LogP contribution is -2.57. The Morgan fingerprint density at radius 1 is 1.29 bits per heavy atom. The summed E-state index contributed by atoms with van der Waals surface area (Å²) in [5, 5.41) is 3.69. The van der Waals surface area contributed by atoms with E-state index in [9.17, 15) is 0 Å². The van der Waals surface area contributed by atoms with Crippen molar-refractivity contribution in [3.05, 3.63) is 0 Å². The standard InChI is InChI=1S/C14H30N2O/c1-5-7-13-11-16(10-12(3)17-4)14(8-6-2)9-15-13/h12-15H,5-11H2,1-4H3. The molecule has 0 aromatic carbocycles. The van der Waals surface area contributed by atoms with E-state index in [4.69, 9.17) is 4.74 Å². The zero-order valence-electron chi connectivity index (χ0n) is 12.0. The average Bonchev–Trinajstić information content (AvgIpc) is 2.33. The fourth-order valence-electron chi connectivity index (χ4n) is 2.72. The molecule has 1 aliphatic heterocycles. The van der Waals surface area contributed by atoms with Crippen LogP contribution in [0.15, 0.2) is 0 Å². The molecule has 1 heterocycles. The van der Waals surface area contributed by atoms with Gasteiger partial charge in [0.05, 0.1) is 6.10 Å². The van der Waals surface area contributed by atoms with Gasteiger partial charge < -0.3 is 10.1 Å². The molecule has 0 amide bonds. The lowest BCUT2D eigenvalue weighted by molar-refractivity contribution is 0.0376. The summed E-state index contributed by atoms with van der Waals surface area (Å²) in [6.45, 7) is 10.1. The van der Waals surface area contributed by atoms with Crippen LogP contribution in [-0.4, -0.2) is 49.8 Å². The molecule has 1 aliphatic rings. The zero-order valence-corrected chi connectivity index (χ0v) is 12.0. The minimum Gasteiger partial charge on any atom is -0.380 e. The Bertz CT molecular complexity index is 199. The average molecular weight is 242 g/mol. The number of methoxy groups -OCH3 is 1. The summed E-state index contributed by atoms with van der Waals surface area (Å²) >= 11 is 0. The summed E-state index contributed by atoms with van der Waals surface area (Å²) in [4.78, 5) is 2.63. The van der Waals surface area contributed by atoms with Crippen molar-refractivity contribution < 1.29 is 4.74 Å². The molecule has 3 heteroatoms. The van der Waals surface area contributed by atoms with E-state index < -0.39 is 0 Å². The monoisotopic (exact) mass is 242 g/mol. The predicted octanol–water partition coefficient (Wildman–Crippen LogP) is 2.26. The van der Waals surface area contributed by atoms with Crippen LogP contribution in [-0.2, 0) is 4.74 Å². The SMILES string of the molecule is CCCC1CN(CC(C)OC)C(CCC)CN1. The van der Waals surface area contributed by atoms with E-state index in [1.165, 1.54) is 32.2 Å². The van der Waals surface area contributed by atoms with Gasteiger partial charge in [-0.3, -0.25) is 4.90 Å². The third-order valence-corrected chi connectivity index (χ3v) is 3.77. The highest BCUT2D eigenvalue weighted by atomic mass is 16.5. The van der Waals surface area contributed by atoms with E-state index in [1.807, 2.05) is 7.11 Å². The van der Waals surface area contributed by atoms with Crippen LogP contribution in [0, 0.1) is 0 Å². The van der Waals surface area contributed by atoms with Gasteiger partial charge in [0.2, 0.25) is 0 Å². The molecule has 0 spiro atoms. The maximum atomic E-state index is 5.41. The Kier molecular flexibility index (Phi) is 7.09. The van der Waals surface area contributed by atoms with Crippen molar-refractivity contribution in [2.75, 3.05) is 26.7 Å². The van der Waals surface area contributed by atoms with Gasteiger partial charge in [0.25, 0.3) is 0 Å². The van der Waals surface area contributed by atoms with E-state index in [2.05, 4.69) is 31.0 Å². The van der Waals surface area contributed by atoms with Crippen molar-refractivity contribution in [1.29, 1.82) is 0 Å². The Balaban J connectivity index is 2.49. The second-order valence-electron chi connectivity index (χ2n) is 5.34. The minimum absolute atomic E-state index is 0.342. The molecule has 3 atom stereocenters. The molecule has 0 radical (unpaired) electrons. The molecule has 0 aliphatic carbocycles. The van der Waals surface area contributed by atoms with Crippen LogP contribution in [0.5, 0.6) is 0 Å². The van der Waals surface area contributed by atoms with E-state index in [-0.39, 0.29) is 0 Å². The topological polar surface area (TPSA) is 24.5 Å². The molecule has 3 nitrogen and oxygen atoms in total. The highest BCUT2D eigenvalue weighted by molar-refractivity contribution is 4.86. The number of hydrogen-bond donors (Lipinski definition) is 1. The number of hydrogen-bond acceptors (Lipinski definition) is 3. The molecule has 0 aromatic rings. The van der Waals surface area contributed by atoms with Crippen molar-refractivity contribution in [2.45, 2.75) is 64.6 Å². The van der Waals surface area contributed by atoms with E-state index in [0.717, 1.165) is 13.1 Å². The molecule has 0 saturated carbocycles. The van der Waals surface area contributed by atoms with Gasteiger partial charge >= 0.3 is 0 Å². The summed E-state index contributed by atoms with van der Waals surface area (Å²) in [5.74, 6) is 0. The third kappa shape index (κ3) is 4.94. The summed E-state index contributed by atoms with van der Waals surface area (Å²) in [6, 6.07) is 1.38. The number of piperazine rings is 1. The molecule has 1 fully saturated rings. The van der Waals surface area contributed by atoms with Crippen LogP contribution < -0.4 is 5.32 Å². The Hall–Kier alpha value is -0.120. The molecule has 1 rings (SSSR count). The van der Waals surface area contributed by atoms with Crippen molar-refractivity contribution in [3.63, 3.8) is 0 Å². The number of nitrogens with one attached hydrogen (secondary N) is 1. The van der Waals surface area contributed by atoms with E-state index in [0.29, 0.717) is 18.2 Å². The quantitative estimate of drug-likeness (QED) is 0.741. The molecule has 0 aromatic heterocycles. The summed E-state index contributed by atoms with van der Waals surface area (Å²) < 4.78 is 5.41. The normalized spacial score (nSPS) is 28.2. The fraction of sp³-hybridized carbons (Fsp3) is 1.00. The molecular formula is C14H30N2O. The van der Waals surface area contributed by atoms with Gasteiger partial charge in [0.15, 0.2) is 0 Å². The third-order valence-electron chi connectivity index (χ3n) is 3.77. The van der Waals surface area contributed by atoms with E-state index >= 15 is 0 Å². The molecule has 1 saturated heterocycles. The molecule has 3 unspecified atom stereocenters. The first-order valence-electron chi connectivity index (χ1n) is 7.21. The molecule has 1 N–H and O–H groups in total. The predicted molar refractivity (Wildman–Crippen MR) is 73.4 cm³/mol. The second kappa shape index (κ2) is 8.06. The van der Waals surface area contributed by atoms with Gasteiger partial charge in [-0.15, -0.1) is 0 Å². The first kappa shape index (κ1) is 14.9. The lowest BCUT2D eigenvalue weighted by Gasteiger charge is -2.41. The largest absolute Gasteiger partial charge is 0.380 e. The van der Waals surface area contributed by atoms with Crippen LogP contribution in [0.3, 0.4) is 0 Å². The maximum Gasteiger partial charge on any atom is 0.0670 e. The number of nitrogens with zero attached hydrogens (tertiary/aromatic N) is 1. The smallest absolute Gasteiger partial charge is 0.0670 e. The van der Waals surface area contributed by atoms with Crippen molar-refractivity contribution in [2.24, 2.45) is 0 Å². The Morgan fingerprint density at radius 3 is 2.59 bits per heavy atom.